The summed E-state index contributed by atoms with van der Waals surface area (Å²) in [5.74, 6) is -0.337. The molecule has 1 atom stereocenters. The normalized spacial score (nSPS) is 20.2. The summed E-state index contributed by atoms with van der Waals surface area (Å²) in [6.45, 7) is 0.713. The minimum absolute atomic E-state index is 0.00750. The number of hydrogen-bond donors (Lipinski definition) is 2. The van der Waals surface area contributed by atoms with Crippen LogP contribution in [-0.2, 0) is 17.1 Å². The summed E-state index contributed by atoms with van der Waals surface area (Å²) < 4.78 is 27.8. The summed E-state index contributed by atoms with van der Waals surface area (Å²) in [7, 11) is -0.479. The van der Waals surface area contributed by atoms with Gasteiger partial charge in [0.25, 0.3) is 5.91 Å². The first-order valence-electron chi connectivity index (χ1n) is 6.39. The molecule has 7 nitrogen and oxygen atoms in total. The Balaban J connectivity index is 2.29. The predicted octanol–water partition coefficient (Wildman–Crippen LogP) is -0.612. The molecule has 0 aromatic carbocycles. The molecule has 0 aliphatic carbocycles. The molecule has 20 heavy (non-hydrogen) atoms. The second kappa shape index (κ2) is 5.55. The fourth-order valence-corrected chi connectivity index (χ4v) is 3.95. The summed E-state index contributed by atoms with van der Waals surface area (Å²) in [4.78, 5) is 11.7. The number of sulfonamides is 1. The summed E-state index contributed by atoms with van der Waals surface area (Å²) >= 11 is 0. The predicted molar refractivity (Wildman–Crippen MR) is 72.8 cm³/mol. The van der Waals surface area contributed by atoms with Gasteiger partial charge in [0, 0.05) is 40.0 Å². The molecule has 0 spiro atoms. The van der Waals surface area contributed by atoms with Gasteiger partial charge in [0.05, 0.1) is 0 Å². The van der Waals surface area contributed by atoms with Gasteiger partial charge in [-0.05, 0) is 18.4 Å². The topological polar surface area (TPSA) is 91.6 Å². The van der Waals surface area contributed by atoms with Crippen molar-refractivity contribution in [2.75, 3.05) is 26.7 Å². The average molecular weight is 301 g/mol. The highest BCUT2D eigenvalue weighted by Crippen LogP contribution is 2.25. The van der Waals surface area contributed by atoms with Crippen LogP contribution in [0.3, 0.4) is 0 Å². The largest absolute Gasteiger partial charge is 0.396 e. The molecule has 1 fully saturated rings. The monoisotopic (exact) mass is 301 g/mol. The van der Waals surface area contributed by atoms with Gasteiger partial charge >= 0.3 is 0 Å². The van der Waals surface area contributed by atoms with Gasteiger partial charge in [0.2, 0.25) is 10.0 Å². The van der Waals surface area contributed by atoms with Gasteiger partial charge in [-0.1, -0.05) is 0 Å². The van der Waals surface area contributed by atoms with Crippen LogP contribution in [0.2, 0.25) is 0 Å². The Morgan fingerprint density at radius 3 is 2.80 bits per heavy atom. The van der Waals surface area contributed by atoms with Crippen molar-refractivity contribution < 1.29 is 18.3 Å². The Morgan fingerprint density at radius 2 is 2.25 bits per heavy atom. The number of aliphatic hydroxyl groups excluding tert-OH is 1. The van der Waals surface area contributed by atoms with Crippen LogP contribution < -0.4 is 5.32 Å². The molecule has 1 aliphatic rings. The summed E-state index contributed by atoms with van der Waals surface area (Å²) in [5.41, 5.74) is 0.295. The fraction of sp³-hybridized carbons (Fsp3) is 0.583. The number of carbonyl (C=O) groups is 1. The zero-order valence-corrected chi connectivity index (χ0v) is 12.4. The van der Waals surface area contributed by atoms with E-state index < -0.39 is 10.0 Å². The zero-order chi connectivity index (χ0) is 14.9. The fourth-order valence-electron chi connectivity index (χ4n) is 2.34. The second-order valence-corrected chi connectivity index (χ2v) is 6.89. The van der Waals surface area contributed by atoms with Crippen molar-refractivity contribution in [3.05, 3.63) is 18.0 Å². The molecular formula is C12H19N3O4S. The van der Waals surface area contributed by atoms with Gasteiger partial charge in [0.15, 0.2) is 0 Å². The van der Waals surface area contributed by atoms with Gasteiger partial charge in [0.1, 0.15) is 10.6 Å². The Labute approximate surface area is 118 Å². The molecule has 0 radical (unpaired) electrons. The van der Waals surface area contributed by atoms with Gasteiger partial charge in [-0.25, -0.2) is 8.42 Å². The van der Waals surface area contributed by atoms with Crippen LogP contribution in [0.1, 0.15) is 16.9 Å². The zero-order valence-electron chi connectivity index (χ0n) is 11.5. The Bertz CT molecular complexity index is 608. The lowest BCUT2D eigenvalue weighted by molar-refractivity contribution is 0.0955. The van der Waals surface area contributed by atoms with Crippen LogP contribution in [0.5, 0.6) is 0 Å². The quantitative estimate of drug-likeness (QED) is 0.776. The van der Waals surface area contributed by atoms with Crippen molar-refractivity contribution >= 4 is 15.9 Å². The lowest BCUT2D eigenvalue weighted by Gasteiger charge is -2.14. The number of aliphatic hydroxyl groups is 1. The van der Waals surface area contributed by atoms with E-state index in [2.05, 4.69) is 5.32 Å². The van der Waals surface area contributed by atoms with Crippen LogP contribution >= 0.6 is 0 Å². The lowest BCUT2D eigenvalue weighted by Crippen LogP contribution is -2.29. The minimum Gasteiger partial charge on any atom is -0.396 e. The highest BCUT2D eigenvalue weighted by Gasteiger charge is 2.33. The summed E-state index contributed by atoms with van der Waals surface area (Å²) in [5, 5.41) is 11.6. The SMILES string of the molecule is CNC(=O)c1cc(S(=O)(=O)N2CCC(CO)C2)cn1C. The van der Waals surface area contributed by atoms with E-state index in [1.54, 1.807) is 7.05 Å². The van der Waals surface area contributed by atoms with Crippen molar-refractivity contribution in [1.29, 1.82) is 0 Å². The Kier molecular flexibility index (Phi) is 4.17. The maximum absolute atomic E-state index is 12.5. The number of rotatable bonds is 4. The molecule has 2 heterocycles. The van der Waals surface area contributed by atoms with E-state index in [-0.39, 0.29) is 23.3 Å². The standard InChI is InChI=1S/C12H19N3O4S/c1-13-12(17)11-5-10(7-14(11)2)20(18,19)15-4-3-9(6-15)8-16/h5,7,9,16H,3-4,6,8H2,1-2H3,(H,13,17). The van der Waals surface area contributed by atoms with Gasteiger partial charge in [-0.2, -0.15) is 4.31 Å². The van der Waals surface area contributed by atoms with Crippen molar-refractivity contribution in [1.82, 2.24) is 14.2 Å². The molecule has 2 rings (SSSR count). The maximum atomic E-state index is 12.5. The first-order chi connectivity index (χ1) is 9.40. The van der Waals surface area contributed by atoms with Crippen LogP contribution in [0.4, 0.5) is 0 Å². The van der Waals surface area contributed by atoms with E-state index in [0.717, 1.165) is 0 Å². The van der Waals surface area contributed by atoms with E-state index in [4.69, 9.17) is 5.11 Å². The number of nitrogens with zero attached hydrogens (tertiary/aromatic N) is 2. The molecule has 1 aliphatic heterocycles. The molecule has 2 N–H and O–H groups in total. The Morgan fingerprint density at radius 1 is 1.55 bits per heavy atom. The van der Waals surface area contributed by atoms with E-state index in [0.29, 0.717) is 25.2 Å². The molecule has 1 unspecified atom stereocenters. The average Bonchev–Trinajstić information content (AvgIpc) is 3.04. The molecule has 1 saturated heterocycles. The number of nitrogens with one attached hydrogen (secondary N) is 1. The van der Waals surface area contributed by atoms with Gasteiger partial charge in [-0.3, -0.25) is 4.79 Å². The summed E-state index contributed by atoms with van der Waals surface area (Å²) in [6.07, 6.45) is 2.09. The van der Waals surface area contributed by atoms with E-state index in [9.17, 15) is 13.2 Å². The molecular weight excluding hydrogens is 282 g/mol. The minimum atomic E-state index is -3.60. The van der Waals surface area contributed by atoms with Crippen molar-refractivity contribution in [3.63, 3.8) is 0 Å². The van der Waals surface area contributed by atoms with Crippen molar-refractivity contribution in [2.45, 2.75) is 11.3 Å². The van der Waals surface area contributed by atoms with E-state index in [1.807, 2.05) is 0 Å². The Hall–Kier alpha value is -1.38. The smallest absolute Gasteiger partial charge is 0.267 e. The van der Waals surface area contributed by atoms with Crippen LogP contribution in [-0.4, -0.2) is 55.0 Å². The molecule has 112 valence electrons. The van der Waals surface area contributed by atoms with Crippen molar-refractivity contribution in [3.8, 4) is 0 Å². The molecule has 1 aromatic rings. The number of hydrogen-bond acceptors (Lipinski definition) is 4. The first-order valence-corrected chi connectivity index (χ1v) is 7.83. The molecule has 0 saturated carbocycles. The molecule has 8 heteroatoms. The number of amides is 1. The highest BCUT2D eigenvalue weighted by atomic mass is 32.2. The number of aryl methyl sites for hydroxylation is 1. The number of carbonyl (C=O) groups excluding carboxylic acids is 1. The van der Waals surface area contributed by atoms with Crippen LogP contribution in [0, 0.1) is 5.92 Å². The third kappa shape index (κ3) is 2.58. The molecule has 1 amide bonds. The molecule has 0 bridgehead atoms. The van der Waals surface area contributed by atoms with E-state index in [1.165, 1.54) is 28.2 Å². The van der Waals surface area contributed by atoms with Gasteiger partial charge in [-0.15, -0.1) is 0 Å². The van der Waals surface area contributed by atoms with Gasteiger partial charge < -0.3 is 15.0 Å². The third-order valence-electron chi connectivity index (χ3n) is 3.58. The first kappa shape index (κ1) is 15.0. The molecule has 1 aromatic heterocycles. The number of aromatic nitrogens is 1. The maximum Gasteiger partial charge on any atom is 0.267 e. The van der Waals surface area contributed by atoms with Crippen molar-refractivity contribution in [2.24, 2.45) is 13.0 Å². The summed E-state index contributed by atoms with van der Waals surface area (Å²) in [6, 6.07) is 1.38. The lowest BCUT2D eigenvalue weighted by atomic mass is 10.1. The van der Waals surface area contributed by atoms with E-state index >= 15 is 0 Å². The third-order valence-corrected chi connectivity index (χ3v) is 5.41. The van der Waals surface area contributed by atoms with Crippen LogP contribution in [0.15, 0.2) is 17.2 Å². The van der Waals surface area contributed by atoms with Crippen LogP contribution in [0.25, 0.3) is 0 Å². The highest BCUT2D eigenvalue weighted by molar-refractivity contribution is 7.89. The second-order valence-electron chi connectivity index (χ2n) is 4.95.